The fraction of sp³-hybridized carbons (Fsp3) is 0.214. The molecule has 1 aromatic carbocycles. The molecule has 5 nitrogen and oxygen atoms in total. The first-order valence-corrected chi connectivity index (χ1v) is 6.15. The van der Waals surface area contributed by atoms with Crippen LogP contribution in [0.5, 0.6) is 0 Å². The number of ether oxygens (including phenoxy) is 1. The molecule has 0 amide bonds. The Kier molecular flexibility index (Phi) is 4.11. The number of nitrogens with zero attached hydrogens (tertiary/aromatic N) is 2. The van der Waals surface area contributed by atoms with Crippen LogP contribution in [-0.4, -0.2) is 22.9 Å². The highest BCUT2D eigenvalue weighted by atomic mass is 19.2. The predicted octanol–water partition coefficient (Wildman–Crippen LogP) is 1.86. The zero-order chi connectivity index (χ0) is 15.6. The lowest BCUT2D eigenvalue weighted by Crippen LogP contribution is -2.25. The molecule has 0 unspecified atom stereocenters. The molecule has 2 rings (SSSR count). The summed E-state index contributed by atoms with van der Waals surface area (Å²) in [6, 6.07) is 3.55. The quantitative estimate of drug-likeness (QED) is 0.811. The number of esters is 1. The molecule has 0 aliphatic rings. The molecule has 0 saturated carbocycles. The summed E-state index contributed by atoms with van der Waals surface area (Å²) in [4.78, 5) is 23.6. The number of hydrogen-bond acceptors (Lipinski definition) is 4. The van der Waals surface area contributed by atoms with Crippen molar-refractivity contribution >= 4 is 5.97 Å². The van der Waals surface area contributed by atoms with Crippen LogP contribution in [0.2, 0.25) is 0 Å². The van der Waals surface area contributed by atoms with Gasteiger partial charge in [-0.1, -0.05) is 13.0 Å². The van der Waals surface area contributed by atoms with Crippen molar-refractivity contribution in [2.24, 2.45) is 0 Å². The Labute approximate surface area is 118 Å². The van der Waals surface area contributed by atoms with Gasteiger partial charge in [-0.05, 0) is 18.6 Å². The van der Waals surface area contributed by atoms with Gasteiger partial charge in [-0.25, -0.2) is 18.3 Å². The monoisotopic (exact) mass is 294 g/mol. The summed E-state index contributed by atoms with van der Waals surface area (Å²) in [6.07, 6.45) is 1.58. The highest BCUT2D eigenvalue weighted by molar-refractivity contribution is 5.87. The Hall–Kier alpha value is -2.57. The van der Waals surface area contributed by atoms with Crippen molar-refractivity contribution in [1.82, 2.24) is 9.78 Å². The first-order chi connectivity index (χ1) is 9.99. The van der Waals surface area contributed by atoms with E-state index in [1.807, 2.05) is 0 Å². The molecule has 0 saturated heterocycles. The number of carbonyl (C=O) groups is 1. The largest absolute Gasteiger partial charge is 0.464 e. The summed E-state index contributed by atoms with van der Waals surface area (Å²) in [5, 5.41) is 3.75. The van der Waals surface area contributed by atoms with Gasteiger partial charge in [-0.2, -0.15) is 5.10 Å². The summed E-state index contributed by atoms with van der Waals surface area (Å²) in [6.45, 7) is 1.70. The van der Waals surface area contributed by atoms with Crippen LogP contribution >= 0.6 is 0 Å². The number of halogens is 2. The van der Waals surface area contributed by atoms with Gasteiger partial charge in [0.15, 0.2) is 11.6 Å². The van der Waals surface area contributed by atoms with E-state index in [0.717, 1.165) is 17.9 Å². The highest BCUT2D eigenvalue weighted by Crippen LogP contribution is 2.15. The molecule has 0 atom stereocenters. The van der Waals surface area contributed by atoms with Gasteiger partial charge < -0.3 is 4.74 Å². The fourth-order valence-electron chi connectivity index (χ4n) is 1.82. The van der Waals surface area contributed by atoms with E-state index in [9.17, 15) is 18.4 Å². The second kappa shape index (κ2) is 5.82. The van der Waals surface area contributed by atoms with Gasteiger partial charge in [0.1, 0.15) is 5.69 Å². The zero-order valence-electron chi connectivity index (χ0n) is 11.4. The number of aromatic nitrogens is 2. The molecule has 110 valence electrons. The molecule has 21 heavy (non-hydrogen) atoms. The normalized spacial score (nSPS) is 10.5. The number of methoxy groups -OCH3 is 1. The van der Waals surface area contributed by atoms with Crippen LogP contribution in [0.25, 0.3) is 5.69 Å². The molecular weight excluding hydrogens is 282 g/mol. The van der Waals surface area contributed by atoms with Crippen LogP contribution in [-0.2, 0) is 11.2 Å². The molecule has 1 heterocycles. The summed E-state index contributed by atoms with van der Waals surface area (Å²) >= 11 is 0. The van der Waals surface area contributed by atoms with Crippen molar-refractivity contribution in [3.63, 3.8) is 0 Å². The van der Waals surface area contributed by atoms with Gasteiger partial charge in [-0.15, -0.1) is 0 Å². The summed E-state index contributed by atoms with van der Waals surface area (Å²) in [7, 11) is 1.11. The van der Waals surface area contributed by atoms with Crippen molar-refractivity contribution in [2.45, 2.75) is 13.3 Å². The van der Waals surface area contributed by atoms with Gasteiger partial charge in [0.25, 0.3) is 0 Å². The average Bonchev–Trinajstić information content (AvgIpc) is 2.49. The molecule has 0 fully saturated rings. The molecule has 0 aliphatic heterocycles. The first-order valence-electron chi connectivity index (χ1n) is 6.15. The maximum atomic E-state index is 13.8. The van der Waals surface area contributed by atoms with Crippen LogP contribution in [0.3, 0.4) is 0 Å². The molecule has 0 N–H and O–H groups in total. The highest BCUT2D eigenvalue weighted by Gasteiger charge is 2.19. The van der Waals surface area contributed by atoms with Crippen LogP contribution in [0, 0.1) is 11.6 Å². The lowest BCUT2D eigenvalue weighted by molar-refractivity contribution is 0.0590. The minimum absolute atomic E-state index is 0.199. The van der Waals surface area contributed by atoms with E-state index in [2.05, 4.69) is 9.84 Å². The van der Waals surface area contributed by atoms with Crippen LogP contribution in [0.15, 0.2) is 29.2 Å². The topological polar surface area (TPSA) is 61.2 Å². The smallest absolute Gasteiger partial charge is 0.362 e. The standard InChI is InChI=1S/C14H12F2N2O3/c1-3-8-7-18(10-6-4-5-9(15)11(10)16)17-12(13(8)19)14(20)21-2/h4-7H,3H2,1-2H3. The van der Waals surface area contributed by atoms with E-state index in [-0.39, 0.29) is 11.3 Å². The van der Waals surface area contributed by atoms with Gasteiger partial charge in [-0.3, -0.25) is 4.79 Å². The van der Waals surface area contributed by atoms with Crippen LogP contribution < -0.4 is 5.43 Å². The van der Waals surface area contributed by atoms with Crippen molar-refractivity contribution < 1.29 is 18.3 Å². The van der Waals surface area contributed by atoms with E-state index in [4.69, 9.17) is 0 Å². The Balaban J connectivity index is 2.73. The van der Waals surface area contributed by atoms with Crippen LogP contribution in [0.4, 0.5) is 8.78 Å². The third-order valence-electron chi connectivity index (χ3n) is 2.93. The third-order valence-corrected chi connectivity index (χ3v) is 2.93. The Morgan fingerprint density at radius 3 is 2.71 bits per heavy atom. The third kappa shape index (κ3) is 2.67. The van der Waals surface area contributed by atoms with Gasteiger partial charge >= 0.3 is 5.97 Å². The second-order valence-corrected chi connectivity index (χ2v) is 4.19. The second-order valence-electron chi connectivity index (χ2n) is 4.19. The maximum Gasteiger partial charge on any atom is 0.362 e. The van der Waals surface area contributed by atoms with Crippen molar-refractivity contribution in [3.8, 4) is 5.69 Å². The number of rotatable bonds is 3. The first kappa shape index (κ1) is 14.8. The van der Waals surface area contributed by atoms with E-state index < -0.39 is 28.7 Å². The molecular formula is C14H12F2N2O3. The van der Waals surface area contributed by atoms with Crippen molar-refractivity contribution in [3.05, 3.63) is 57.5 Å². The minimum Gasteiger partial charge on any atom is -0.464 e. The van der Waals surface area contributed by atoms with E-state index in [1.54, 1.807) is 6.92 Å². The lowest BCUT2D eigenvalue weighted by atomic mass is 10.2. The zero-order valence-corrected chi connectivity index (χ0v) is 11.4. The van der Waals surface area contributed by atoms with Crippen molar-refractivity contribution in [2.75, 3.05) is 7.11 Å². The summed E-state index contributed by atoms with van der Waals surface area (Å²) in [5.41, 5.74) is -1.01. The molecule has 0 radical (unpaired) electrons. The molecule has 0 spiro atoms. The van der Waals surface area contributed by atoms with E-state index >= 15 is 0 Å². The molecule has 7 heteroatoms. The fourth-order valence-corrected chi connectivity index (χ4v) is 1.82. The van der Waals surface area contributed by atoms with Gasteiger partial charge in [0.05, 0.1) is 7.11 Å². The molecule has 0 bridgehead atoms. The van der Waals surface area contributed by atoms with Gasteiger partial charge in [0.2, 0.25) is 11.1 Å². The van der Waals surface area contributed by atoms with Crippen molar-refractivity contribution in [1.29, 1.82) is 0 Å². The molecule has 1 aromatic heterocycles. The van der Waals surface area contributed by atoms with E-state index in [0.29, 0.717) is 6.42 Å². The molecule has 2 aromatic rings. The summed E-state index contributed by atoms with van der Waals surface area (Å²) < 4.78 is 32.5. The Morgan fingerprint density at radius 2 is 2.10 bits per heavy atom. The Morgan fingerprint density at radius 1 is 1.38 bits per heavy atom. The van der Waals surface area contributed by atoms with Crippen LogP contribution in [0.1, 0.15) is 23.0 Å². The predicted molar refractivity (Wildman–Crippen MR) is 70.5 cm³/mol. The number of benzene rings is 1. The number of aryl methyl sites for hydroxylation is 1. The summed E-state index contributed by atoms with van der Waals surface area (Å²) in [5.74, 6) is -3.10. The van der Waals surface area contributed by atoms with E-state index in [1.165, 1.54) is 18.3 Å². The lowest BCUT2D eigenvalue weighted by Gasteiger charge is -2.10. The Bertz CT molecular complexity index is 756. The average molecular weight is 294 g/mol. The molecule has 0 aliphatic carbocycles. The van der Waals surface area contributed by atoms with Gasteiger partial charge in [0, 0.05) is 11.8 Å². The minimum atomic E-state index is -1.12. The number of carbonyl (C=O) groups excluding carboxylic acids is 1. The number of hydrogen-bond donors (Lipinski definition) is 0. The SMILES string of the molecule is CCc1cn(-c2cccc(F)c2F)nc(C(=O)OC)c1=O. The maximum absolute atomic E-state index is 13.8.